The summed E-state index contributed by atoms with van der Waals surface area (Å²) in [5.74, 6) is 0.423. The summed E-state index contributed by atoms with van der Waals surface area (Å²) in [5.41, 5.74) is 0.110. The molecule has 1 aromatic carbocycles. The van der Waals surface area contributed by atoms with E-state index in [-0.39, 0.29) is 0 Å². The zero-order chi connectivity index (χ0) is 14.6. The van der Waals surface area contributed by atoms with Crippen molar-refractivity contribution in [2.45, 2.75) is 51.5 Å². The Balaban J connectivity index is 2.15. The lowest BCUT2D eigenvalue weighted by Gasteiger charge is -2.39. The molecule has 1 aromatic rings. The summed E-state index contributed by atoms with van der Waals surface area (Å²) in [4.78, 5) is 11.8. The largest absolute Gasteiger partial charge is 0.480 e. The van der Waals surface area contributed by atoms with Gasteiger partial charge in [0.25, 0.3) is 0 Å². The molecule has 1 fully saturated rings. The fourth-order valence-electron chi connectivity index (χ4n) is 3.42. The molecule has 20 heavy (non-hydrogen) atoms. The van der Waals surface area contributed by atoms with Crippen molar-refractivity contribution < 1.29 is 9.90 Å². The highest BCUT2D eigenvalue weighted by Crippen LogP contribution is 2.38. The van der Waals surface area contributed by atoms with Gasteiger partial charge in [0.2, 0.25) is 0 Å². The minimum Gasteiger partial charge on any atom is -0.480 e. The molecular formula is C17H25NO2. The molecule has 2 unspecified atom stereocenters. The fraction of sp³-hybridized carbons (Fsp3) is 0.588. The van der Waals surface area contributed by atoms with Gasteiger partial charge in [0.1, 0.15) is 5.54 Å². The second kappa shape index (κ2) is 6.29. The molecule has 3 heteroatoms. The number of para-hydroxylation sites is 1. The smallest absolute Gasteiger partial charge is 0.329 e. The number of anilines is 1. The van der Waals surface area contributed by atoms with Gasteiger partial charge in [-0.25, -0.2) is 4.79 Å². The van der Waals surface area contributed by atoms with Gasteiger partial charge >= 0.3 is 5.97 Å². The number of nitrogens with one attached hydrogen (secondary N) is 1. The second-order valence-electron chi connectivity index (χ2n) is 6.47. The summed E-state index contributed by atoms with van der Waals surface area (Å²) in [5, 5.41) is 13.0. The van der Waals surface area contributed by atoms with Crippen molar-refractivity contribution >= 4 is 11.7 Å². The van der Waals surface area contributed by atoms with Crippen LogP contribution in [0.5, 0.6) is 0 Å². The topological polar surface area (TPSA) is 49.3 Å². The van der Waals surface area contributed by atoms with Gasteiger partial charge in [0.15, 0.2) is 0 Å². The molecule has 2 N–H and O–H groups in total. The minimum absolute atomic E-state index is 0.510. The maximum absolute atomic E-state index is 11.8. The SMILES string of the molecule is CC(C)CC1CCCC(Nc2ccccc2)(C(=O)O)C1. The van der Waals surface area contributed by atoms with Crippen molar-refractivity contribution in [3.05, 3.63) is 30.3 Å². The quantitative estimate of drug-likeness (QED) is 0.848. The maximum atomic E-state index is 11.8. The standard InChI is InChI=1S/C17H25NO2/c1-13(2)11-14-7-6-10-17(12-14,16(19)20)18-15-8-4-3-5-9-15/h3-5,8-9,13-14,18H,6-7,10-12H2,1-2H3,(H,19,20). The fourth-order valence-corrected chi connectivity index (χ4v) is 3.42. The van der Waals surface area contributed by atoms with Crippen LogP contribution in [0.1, 0.15) is 46.0 Å². The molecule has 0 aromatic heterocycles. The maximum Gasteiger partial charge on any atom is 0.329 e. The van der Waals surface area contributed by atoms with E-state index in [9.17, 15) is 9.90 Å². The highest BCUT2D eigenvalue weighted by atomic mass is 16.4. The third kappa shape index (κ3) is 3.53. The Bertz CT molecular complexity index is 444. The number of hydrogen-bond donors (Lipinski definition) is 2. The van der Waals surface area contributed by atoms with Crippen LogP contribution in [-0.2, 0) is 4.79 Å². The Morgan fingerprint density at radius 2 is 2.10 bits per heavy atom. The van der Waals surface area contributed by atoms with Crippen molar-refractivity contribution in [2.24, 2.45) is 11.8 Å². The summed E-state index contributed by atoms with van der Waals surface area (Å²) >= 11 is 0. The first-order valence-corrected chi connectivity index (χ1v) is 7.58. The van der Waals surface area contributed by atoms with Crippen LogP contribution in [0.4, 0.5) is 5.69 Å². The van der Waals surface area contributed by atoms with E-state index < -0.39 is 11.5 Å². The molecule has 1 aliphatic carbocycles. The van der Waals surface area contributed by atoms with Gasteiger partial charge in [-0.1, -0.05) is 44.9 Å². The van der Waals surface area contributed by atoms with Gasteiger partial charge in [0.05, 0.1) is 0 Å². The molecule has 2 rings (SSSR count). The molecule has 1 saturated carbocycles. The molecule has 0 radical (unpaired) electrons. The third-order valence-electron chi connectivity index (χ3n) is 4.22. The van der Waals surface area contributed by atoms with Crippen LogP contribution < -0.4 is 5.32 Å². The number of benzene rings is 1. The van der Waals surface area contributed by atoms with Crippen molar-refractivity contribution in [2.75, 3.05) is 5.32 Å². The van der Waals surface area contributed by atoms with Crippen molar-refractivity contribution in [1.29, 1.82) is 0 Å². The molecule has 110 valence electrons. The summed E-state index contributed by atoms with van der Waals surface area (Å²) in [7, 11) is 0. The highest BCUT2D eigenvalue weighted by Gasteiger charge is 2.42. The first kappa shape index (κ1) is 14.9. The average Bonchev–Trinajstić information content (AvgIpc) is 2.39. The number of carboxylic acid groups (broad SMARTS) is 1. The normalized spacial score (nSPS) is 26.4. The lowest BCUT2D eigenvalue weighted by molar-refractivity contribution is -0.144. The van der Waals surface area contributed by atoms with Crippen molar-refractivity contribution in [3.8, 4) is 0 Å². The number of aliphatic carboxylic acids is 1. The van der Waals surface area contributed by atoms with E-state index in [1.807, 2.05) is 30.3 Å². The molecule has 1 aliphatic rings. The lowest BCUT2D eigenvalue weighted by Crippen LogP contribution is -2.50. The number of rotatable bonds is 5. The van der Waals surface area contributed by atoms with E-state index in [1.54, 1.807) is 0 Å². The van der Waals surface area contributed by atoms with E-state index in [0.29, 0.717) is 18.3 Å². The molecule has 0 spiro atoms. The van der Waals surface area contributed by atoms with Gasteiger partial charge in [0, 0.05) is 5.69 Å². The first-order valence-electron chi connectivity index (χ1n) is 7.58. The average molecular weight is 275 g/mol. The second-order valence-corrected chi connectivity index (χ2v) is 6.47. The predicted octanol–water partition coefficient (Wildman–Crippen LogP) is 4.16. The van der Waals surface area contributed by atoms with Gasteiger partial charge in [-0.2, -0.15) is 0 Å². The van der Waals surface area contributed by atoms with Crippen LogP contribution in [0.2, 0.25) is 0 Å². The molecule has 0 aliphatic heterocycles. The monoisotopic (exact) mass is 275 g/mol. The summed E-state index contributed by atoms with van der Waals surface area (Å²) in [6.07, 6.45) is 4.71. The Morgan fingerprint density at radius 1 is 1.40 bits per heavy atom. The molecule has 2 atom stereocenters. The Kier molecular flexibility index (Phi) is 4.69. The molecule has 3 nitrogen and oxygen atoms in total. The van der Waals surface area contributed by atoms with E-state index in [1.165, 1.54) is 0 Å². The van der Waals surface area contributed by atoms with Crippen molar-refractivity contribution in [1.82, 2.24) is 0 Å². The van der Waals surface area contributed by atoms with Crippen LogP contribution in [0.3, 0.4) is 0 Å². The predicted molar refractivity (Wildman–Crippen MR) is 81.8 cm³/mol. The zero-order valence-corrected chi connectivity index (χ0v) is 12.4. The van der Waals surface area contributed by atoms with Crippen molar-refractivity contribution in [3.63, 3.8) is 0 Å². The van der Waals surface area contributed by atoms with Crippen LogP contribution in [0, 0.1) is 11.8 Å². The van der Waals surface area contributed by atoms with Crippen LogP contribution >= 0.6 is 0 Å². The molecule has 0 saturated heterocycles. The Morgan fingerprint density at radius 3 is 2.70 bits per heavy atom. The van der Waals surface area contributed by atoms with Crippen LogP contribution in [-0.4, -0.2) is 16.6 Å². The number of hydrogen-bond acceptors (Lipinski definition) is 2. The summed E-state index contributed by atoms with van der Waals surface area (Å²) in [6.45, 7) is 4.42. The van der Waals surface area contributed by atoms with Crippen LogP contribution in [0.15, 0.2) is 30.3 Å². The molecular weight excluding hydrogens is 250 g/mol. The zero-order valence-electron chi connectivity index (χ0n) is 12.4. The van der Waals surface area contributed by atoms with E-state index in [0.717, 1.165) is 31.4 Å². The van der Waals surface area contributed by atoms with Crippen LogP contribution in [0.25, 0.3) is 0 Å². The Hall–Kier alpha value is -1.51. The minimum atomic E-state index is -0.792. The summed E-state index contributed by atoms with van der Waals surface area (Å²) in [6, 6.07) is 9.70. The lowest BCUT2D eigenvalue weighted by atomic mass is 9.73. The van der Waals surface area contributed by atoms with E-state index >= 15 is 0 Å². The van der Waals surface area contributed by atoms with Gasteiger partial charge in [-0.15, -0.1) is 0 Å². The highest BCUT2D eigenvalue weighted by molar-refractivity contribution is 5.83. The van der Waals surface area contributed by atoms with Gasteiger partial charge in [-0.05, 0) is 43.2 Å². The van der Waals surface area contributed by atoms with E-state index in [4.69, 9.17) is 0 Å². The van der Waals surface area contributed by atoms with Gasteiger partial charge in [-0.3, -0.25) is 0 Å². The van der Waals surface area contributed by atoms with E-state index in [2.05, 4.69) is 19.2 Å². The summed E-state index contributed by atoms with van der Waals surface area (Å²) < 4.78 is 0. The molecule has 0 bridgehead atoms. The molecule has 0 amide bonds. The number of carboxylic acids is 1. The molecule has 0 heterocycles. The third-order valence-corrected chi connectivity index (χ3v) is 4.22. The number of carbonyl (C=O) groups is 1. The van der Waals surface area contributed by atoms with Gasteiger partial charge < -0.3 is 10.4 Å². The first-order chi connectivity index (χ1) is 9.52. The Labute approximate surface area is 121 Å².